The molecule has 5 heteroatoms. The maximum absolute atomic E-state index is 5.96. The van der Waals surface area contributed by atoms with E-state index in [0.29, 0.717) is 11.8 Å². The van der Waals surface area contributed by atoms with Crippen LogP contribution in [0.4, 0.5) is 5.69 Å². The van der Waals surface area contributed by atoms with Crippen LogP contribution in [0.1, 0.15) is 24.4 Å². The molecule has 5 nitrogen and oxygen atoms in total. The summed E-state index contributed by atoms with van der Waals surface area (Å²) in [4.78, 5) is 4.83. The van der Waals surface area contributed by atoms with Gasteiger partial charge in [-0.2, -0.15) is 0 Å². The van der Waals surface area contributed by atoms with Crippen molar-refractivity contribution in [1.29, 1.82) is 0 Å². The Bertz CT molecular complexity index is 836. The van der Waals surface area contributed by atoms with Crippen molar-refractivity contribution in [3.05, 3.63) is 66.1 Å². The van der Waals surface area contributed by atoms with E-state index in [1.54, 1.807) is 0 Å². The van der Waals surface area contributed by atoms with Gasteiger partial charge in [0.2, 0.25) is 11.8 Å². The van der Waals surface area contributed by atoms with Gasteiger partial charge in [-0.25, -0.2) is 0 Å². The molecule has 0 saturated carbocycles. The third kappa shape index (κ3) is 3.48. The average molecular weight is 348 g/mol. The van der Waals surface area contributed by atoms with Gasteiger partial charge in [0.05, 0.1) is 6.04 Å². The van der Waals surface area contributed by atoms with Gasteiger partial charge in [-0.05, 0) is 38.1 Å². The maximum atomic E-state index is 5.96. The fourth-order valence-electron chi connectivity index (χ4n) is 3.38. The van der Waals surface area contributed by atoms with Crippen molar-refractivity contribution in [3.8, 4) is 11.5 Å². The third-order valence-corrected chi connectivity index (χ3v) is 5.08. The molecule has 1 atom stereocenters. The maximum Gasteiger partial charge on any atom is 0.247 e. The van der Waals surface area contributed by atoms with Gasteiger partial charge < -0.3 is 9.32 Å². The van der Waals surface area contributed by atoms with E-state index >= 15 is 0 Å². The van der Waals surface area contributed by atoms with Crippen LogP contribution in [0.2, 0.25) is 0 Å². The molecule has 1 aromatic heterocycles. The van der Waals surface area contributed by atoms with Crippen molar-refractivity contribution in [3.63, 3.8) is 0 Å². The number of aromatic nitrogens is 2. The molecule has 0 aliphatic carbocycles. The molecule has 134 valence electrons. The molecule has 2 aromatic carbocycles. The number of anilines is 1. The first-order valence-electron chi connectivity index (χ1n) is 9.15. The fourth-order valence-corrected chi connectivity index (χ4v) is 3.38. The van der Waals surface area contributed by atoms with E-state index < -0.39 is 0 Å². The molecule has 1 fully saturated rings. The Morgan fingerprint density at radius 2 is 1.58 bits per heavy atom. The predicted molar refractivity (Wildman–Crippen MR) is 103 cm³/mol. The van der Waals surface area contributed by atoms with Gasteiger partial charge in [-0.15, -0.1) is 10.2 Å². The van der Waals surface area contributed by atoms with Crippen molar-refractivity contribution >= 4 is 5.69 Å². The van der Waals surface area contributed by atoms with E-state index in [1.807, 2.05) is 12.1 Å². The lowest BCUT2D eigenvalue weighted by Crippen LogP contribution is -2.47. The normalized spacial score (nSPS) is 16.6. The molecule has 0 N–H and O–H groups in total. The topological polar surface area (TPSA) is 45.4 Å². The summed E-state index contributed by atoms with van der Waals surface area (Å²) in [6.07, 6.45) is 0. The summed E-state index contributed by atoms with van der Waals surface area (Å²) in [5.74, 6) is 1.28. The van der Waals surface area contributed by atoms with Crippen LogP contribution in [-0.2, 0) is 0 Å². The summed E-state index contributed by atoms with van der Waals surface area (Å²) in [6.45, 7) is 8.20. The van der Waals surface area contributed by atoms with Gasteiger partial charge in [0.15, 0.2) is 0 Å². The molecule has 1 aliphatic rings. The van der Waals surface area contributed by atoms with E-state index in [2.05, 4.69) is 76.3 Å². The highest BCUT2D eigenvalue weighted by molar-refractivity contribution is 5.52. The minimum atomic E-state index is 0.125. The smallest absolute Gasteiger partial charge is 0.247 e. The molecule has 4 rings (SSSR count). The molecular formula is C21H24N4O. The van der Waals surface area contributed by atoms with Crippen molar-refractivity contribution in [2.24, 2.45) is 0 Å². The minimum absolute atomic E-state index is 0.125. The summed E-state index contributed by atoms with van der Waals surface area (Å²) in [6, 6.07) is 18.9. The van der Waals surface area contributed by atoms with Gasteiger partial charge in [0.25, 0.3) is 0 Å². The highest BCUT2D eigenvalue weighted by Gasteiger charge is 2.25. The van der Waals surface area contributed by atoms with Crippen molar-refractivity contribution in [2.75, 3.05) is 31.1 Å². The second-order valence-corrected chi connectivity index (χ2v) is 6.85. The SMILES string of the molecule is Cc1ccc(-c2nnc([C@@H](C)N3CCN(c4ccccc4)CC3)o2)cc1. The molecule has 1 saturated heterocycles. The lowest BCUT2D eigenvalue weighted by molar-refractivity contribution is 0.174. The van der Waals surface area contributed by atoms with Gasteiger partial charge in [0, 0.05) is 37.4 Å². The van der Waals surface area contributed by atoms with E-state index in [-0.39, 0.29) is 6.04 Å². The van der Waals surface area contributed by atoms with Gasteiger partial charge in [-0.1, -0.05) is 35.9 Å². The second kappa shape index (κ2) is 7.30. The zero-order valence-electron chi connectivity index (χ0n) is 15.3. The van der Waals surface area contributed by atoms with Crippen LogP contribution in [-0.4, -0.2) is 41.3 Å². The molecule has 3 aromatic rings. The molecule has 0 bridgehead atoms. The number of nitrogens with zero attached hydrogens (tertiary/aromatic N) is 4. The number of piperazine rings is 1. The molecule has 2 heterocycles. The van der Waals surface area contributed by atoms with Crippen molar-refractivity contribution in [2.45, 2.75) is 19.9 Å². The Morgan fingerprint density at radius 3 is 2.27 bits per heavy atom. The Morgan fingerprint density at radius 1 is 0.885 bits per heavy atom. The first kappa shape index (κ1) is 16.8. The standard InChI is InChI=1S/C21H24N4O/c1-16-8-10-18(11-9-16)21-23-22-20(26-21)17(2)24-12-14-25(15-13-24)19-6-4-3-5-7-19/h3-11,17H,12-15H2,1-2H3/t17-/m1/s1. The molecule has 0 amide bonds. The largest absolute Gasteiger partial charge is 0.419 e. The van der Waals surface area contributed by atoms with Crippen LogP contribution in [0.3, 0.4) is 0 Å². The summed E-state index contributed by atoms with van der Waals surface area (Å²) >= 11 is 0. The van der Waals surface area contributed by atoms with Crippen LogP contribution in [0.15, 0.2) is 59.0 Å². The third-order valence-electron chi connectivity index (χ3n) is 5.08. The lowest BCUT2D eigenvalue weighted by Gasteiger charge is -2.38. The number of hydrogen-bond acceptors (Lipinski definition) is 5. The van der Waals surface area contributed by atoms with Crippen molar-refractivity contribution < 1.29 is 4.42 Å². The predicted octanol–water partition coefficient (Wildman–Crippen LogP) is 3.93. The first-order valence-corrected chi connectivity index (χ1v) is 9.15. The average Bonchev–Trinajstić information content (AvgIpc) is 3.19. The molecule has 0 unspecified atom stereocenters. The highest BCUT2D eigenvalue weighted by Crippen LogP contribution is 2.26. The Balaban J connectivity index is 1.41. The van der Waals surface area contributed by atoms with Gasteiger partial charge in [0.1, 0.15) is 0 Å². The van der Waals surface area contributed by atoms with Gasteiger partial charge >= 0.3 is 0 Å². The number of rotatable bonds is 4. The Labute approximate surface area is 154 Å². The van der Waals surface area contributed by atoms with Crippen molar-refractivity contribution in [1.82, 2.24) is 15.1 Å². The lowest BCUT2D eigenvalue weighted by atomic mass is 10.1. The highest BCUT2D eigenvalue weighted by atomic mass is 16.4. The zero-order chi connectivity index (χ0) is 17.9. The van der Waals surface area contributed by atoms with Crippen LogP contribution in [0.5, 0.6) is 0 Å². The number of aryl methyl sites for hydroxylation is 1. The number of para-hydroxylation sites is 1. The summed E-state index contributed by atoms with van der Waals surface area (Å²) in [7, 11) is 0. The summed E-state index contributed by atoms with van der Waals surface area (Å²) in [5, 5.41) is 8.54. The zero-order valence-corrected chi connectivity index (χ0v) is 15.3. The van der Waals surface area contributed by atoms with E-state index in [4.69, 9.17) is 4.42 Å². The van der Waals surface area contributed by atoms with Crippen LogP contribution in [0, 0.1) is 6.92 Å². The second-order valence-electron chi connectivity index (χ2n) is 6.85. The van der Waals surface area contributed by atoms with E-state index in [9.17, 15) is 0 Å². The first-order chi connectivity index (χ1) is 12.7. The number of hydrogen-bond donors (Lipinski definition) is 0. The molecule has 26 heavy (non-hydrogen) atoms. The van der Waals surface area contributed by atoms with E-state index in [0.717, 1.165) is 31.7 Å². The van der Waals surface area contributed by atoms with Gasteiger partial charge in [-0.3, -0.25) is 4.90 Å². The van der Waals surface area contributed by atoms with E-state index in [1.165, 1.54) is 11.3 Å². The minimum Gasteiger partial charge on any atom is -0.419 e. The quantitative estimate of drug-likeness (QED) is 0.715. The molecule has 1 aliphatic heterocycles. The van der Waals surface area contributed by atoms with Crippen LogP contribution in [0.25, 0.3) is 11.5 Å². The van der Waals surface area contributed by atoms with Crippen LogP contribution >= 0.6 is 0 Å². The monoisotopic (exact) mass is 348 g/mol. The molecular weight excluding hydrogens is 324 g/mol. The molecule has 0 spiro atoms. The van der Waals surface area contributed by atoms with Crippen LogP contribution < -0.4 is 4.90 Å². The summed E-state index contributed by atoms with van der Waals surface area (Å²) in [5.41, 5.74) is 3.48. The fraction of sp³-hybridized carbons (Fsp3) is 0.333. The summed E-state index contributed by atoms with van der Waals surface area (Å²) < 4.78 is 5.96. The molecule has 0 radical (unpaired) electrons. The Kier molecular flexibility index (Phi) is 4.71. The number of benzene rings is 2. The Hall–Kier alpha value is -2.66.